The van der Waals surface area contributed by atoms with Gasteiger partial charge >= 0.3 is 0 Å². The van der Waals surface area contributed by atoms with Crippen molar-refractivity contribution < 1.29 is 5.11 Å². The van der Waals surface area contributed by atoms with Crippen molar-refractivity contribution >= 4 is 17.8 Å². The zero-order valence-electron chi connectivity index (χ0n) is 15.4. The van der Waals surface area contributed by atoms with Gasteiger partial charge in [0.2, 0.25) is 0 Å². The van der Waals surface area contributed by atoms with Gasteiger partial charge in [-0.15, -0.1) is 0 Å². The highest BCUT2D eigenvalue weighted by Gasteiger charge is 2.13. The Morgan fingerprint density at radius 1 is 1.04 bits per heavy atom. The Bertz CT molecular complexity index is 895. The van der Waals surface area contributed by atoms with Crippen LogP contribution in [0.15, 0.2) is 48.5 Å². The minimum Gasteiger partial charge on any atom is -0.507 e. The second kappa shape index (κ2) is 7.87. The van der Waals surface area contributed by atoms with E-state index in [0.29, 0.717) is 17.2 Å². The molecule has 26 heavy (non-hydrogen) atoms. The first-order chi connectivity index (χ1) is 12.6. The monoisotopic (exact) mass is 348 g/mol. The Morgan fingerprint density at radius 3 is 2.42 bits per heavy atom. The van der Waals surface area contributed by atoms with Gasteiger partial charge in [0.05, 0.1) is 5.56 Å². The fourth-order valence-corrected chi connectivity index (χ4v) is 2.71. The first kappa shape index (κ1) is 17.7. The fourth-order valence-electron chi connectivity index (χ4n) is 2.71. The fraction of sp³-hybridized carbons (Fsp3) is 0.238. The van der Waals surface area contributed by atoms with E-state index in [0.717, 1.165) is 24.2 Å². The van der Waals surface area contributed by atoms with Crippen LogP contribution in [0.25, 0.3) is 23.5 Å². The number of benzene rings is 2. The van der Waals surface area contributed by atoms with E-state index in [2.05, 4.69) is 46.2 Å². The van der Waals surface area contributed by atoms with Crippen molar-refractivity contribution in [2.45, 2.75) is 19.9 Å². The van der Waals surface area contributed by atoms with Crippen LogP contribution < -0.4 is 4.90 Å². The molecule has 0 amide bonds. The van der Waals surface area contributed by atoms with Crippen molar-refractivity contribution in [2.24, 2.45) is 0 Å². The van der Waals surface area contributed by atoms with Gasteiger partial charge in [0.15, 0.2) is 11.6 Å². The Labute approximate surface area is 154 Å². The van der Waals surface area contributed by atoms with E-state index in [1.165, 1.54) is 0 Å². The molecular weight excluding hydrogens is 324 g/mol. The van der Waals surface area contributed by atoms with Gasteiger partial charge in [-0.1, -0.05) is 37.3 Å². The molecule has 134 valence electrons. The van der Waals surface area contributed by atoms with E-state index >= 15 is 0 Å². The normalized spacial score (nSPS) is 11.2. The topological polar surface area (TPSA) is 54.2 Å². The van der Waals surface area contributed by atoms with Crippen molar-refractivity contribution in [2.75, 3.05) is 19.0 Å². The molecule has 0 atom stereocenters. The zero-order chi connectivity index (χ0) is 18.5. The molecule has 0 spiro atoms. The predicted molar refractivity (Wildman–Crippen MR) is 107 cm³/mol. The SMILES string of the molecule is CCCn1nc(/C=C/c2ccc(N(C)C)cc2)nc1-c1ccccc1O. The lowest BCUT2D eigenvalue weighted by Crippen LogP contribution is -2.07. The van der Waals surface area contributed by atoms with Crippen LogP contribution >= 0.6 is 0 Å². The summed E-state index contributed by atoms with van der Waals surface area (Å²) in [6, 6.07) is 15.5. The van der Waals surface area contributed by atoms with Gasteiger partial charge in [-0.25, -0.2) is 9.67 Å². The molecule has 0 unspecified atom stereocenters. The van der Waals surface area contributed by atoms with E-state index in [1.54, 1.807) is 12.1 Å². The molecule has 0 radical (unpaired) electrons. The summed E-state index contributed by atoms with van der Waals surface area (Å²) in [5.41, 5.74) is 2.95. The maximum atomic E-state index is 10.1. The number of rotatable bonds is 6. The highest BCUT2D eigenvalue weighted by atomic mass is 16.3. The highest BCUT2D eigenvalue weighted by molar-refractivity contribution is 5.70. The summed E-state index contributed by atoms with van der Waals surface area (Å²) in [6.45, 7) is 2.85. The van der Waals surface area contributed by atoms with E-state index in [9.17, 15) is 5.11 Å². The van der Waals surface area contributed by atoms with Gasteiger partial charge in [-0.3, -0.25) is 0 Å². The van der Waals surface area contributed by atoms with Gasteiger partial charge in [0, 0.05) is 26.3 Å². The number of aryl methyl sites for hydroxylation is 1. The van der Waals surface area contributed by atoms with Gasteiger partial charge in [0.25, 0.3) is 0 Å². The second-order valence-corrected chi connectivity index (χ2v) is 6.35. The number of phenols is 1. The molecule has 0 aliphatic heterocycles. The van der Waals surface area contributed by atoms with Crippen LogP contribution in [0.3, 0.4) is 0 Å². The average molecular weight is 348 g/mol. The number of hydrogen-bond acceptors (Lipinski definition) is 4. The third-order valence-corrected chi connectivity index (χ3v) is 4.10. The minimum atomic E-state index is 0.215. The smallest absolute Gasteiger partial charge is 0.174 e. The van der Waals surface area contributed by atoms with Gasteiger partial charge in [0.1, 0.15) is 5.75 Å². The molecule has 1 heterocycles. The zero-order valence-corrected chi connectivity index (χ0v) is 15.4. The number of phenolic OH excluding ortho intramolecular Hbond substituents is 1. The Morgan fingerprint density at radius 2 is 1.77 bits per heavy atom. The van der Waals surface area contributed by atoms with Crippen molar-refractivity contribution in [3.63, 3.8) is 0 Å². The predicted octanol–water partition coefficient (Wildman–Crippen LogP) is 4.30. The summed E-state index contributed by atoms with van der Waals surface area (Å²) in [6.07, 6.45) is 4.85. The van der Waals surface area contributed by atoms with Gasteiger partial charge < -0.3 is 10.0 Å². The van der Waals surface area contributed by atoms with Crippen LogP contribution in [0.2, 0.25) is 0 Å². The molecule has 2 aromatic carbocycles. The molecule has 5 heteroatoms. The van der Waals surface area contributed by atoms with Crippen molar-refractivity contribution in [1.29, 1.82) is 0 Å². The van der Waals surface area contributed by atoms with Crippen molar-refractivity contribution in [3.05, 3.63) is 59.9 Å². The number of nitrogens with zero attached hydrogens (tertiary/aromatic N) is 4. The molecule has 1 N–H and O–H groups in total. The van der Waals surface area contributed by atoms with Crippen LogP contribution in [0.5, 0.6) is 5.75 Å². The van der Waals surface area contributed by atoms with E-state index in [-0.39, 0.29) is 5.75 Å². The van der Waals surface area contributed by atoms with Crippen molar-refractivity contribution in [3.8, 4) is 17.1 Å². The first-order valence-corrected chi connectivity index (χ1v) is 8.77. The summed E-state index contributed by atoms with van der Waals surface area (Å²) in [4.78, 5) is 6.69. The van der Waals surface area contributed by atoms with Crippen LogP contribution in [0.4, 0.5) is 5.69 Å². The Hall–Kier alpha value is -3.08. The lowest BCUT2D eigenvalue weighted by atomic mass is 10.2. The highest BCUT2D eigenvalue weighted by Crippen LogP contribution is 2.27. The van der Waals surface area contributed by atoms with Crippen LogP contribution in [-0.4, -0.2) is 34.0 Å². The Balaban J connectivity index is 1.89. The van der Waals surface area contributed by atoms with Gasteiger partial charge in [-0.2, -0.15) is 5.10 Å². The van der Waals surface area contributed by atoms with E-state index in [1.807, 2.05) is 43.1 Å². The number of aromatic hydroxyl groups is 1. The molecule has 0 saturated heterocycles. The summed E-state index contributed by atoms with van der Waals surface area (Å²) >= 11 is 0. The minimum absolute atomic E-state index is 0.215. The third kappa shape index (κ3) is 3.94. The molecule has 0 aliphatic rings. The molecule has 0 aliphatic carbocycles. The lowest BCUT2D eigenvalue weighted by Gasteiger charge is -2.11. The van der Waals surface area contributed by atoms with Crippen molar-refractivity contribution in [1.82, 2.24) is 14.8 Å². The standard InChI is InChI=1S/C21H24N4O/c1-4-15-25-21(18-7-5-6-8-19(18)26)22-20(23-25)14-11-16-9-12-17(13-10-16)24(2)3/h5-14,26H,4,15H2,1-3H3/b14-11+. The molecule has 1 aromatic heterocycles. The largest absolute Gasteiger partial charge is 0.507 e. The van der Waals surface area contributed by atoms with Crippen LogP contribution in [0.1, 0.15) is 24.7 Å². The van der Waals surface area contributed by atoms with E-state index in [4.69, 9.17) is 0 Å². The molecule has 3 rings (SSSR count). The maximum absolute atomic E-state index is 10.1. The molecule has 5 nitrogen and oxygen atoms in total. The molecule has 3 aromatic rings. The maximum Gasteiger partial charge on any atom is 0.174 e. The number of hydrogen-bond donors (Lipinski definition) is 1. The number of anilines is 1. The molecule has 0 bridgehead atoms. The van der Waals surface area contributed by atoms with Crippen LogP contribution in [0, 0.1) is 0 Å². The molecular formula is C21H24N4O. The first-order valence-electron chi connectivity index (χ1n) is 8.77. The quantitative estimate of drug-likeness (QED) is 0.722. The molecule has 0 saturated carbocycles. The second-order valence-electron chi connectivity index (χ2n) is 6.35. The molecule has 0 fully saturated rings. The number of aromatic nitrogens is 3. The number of para-hydroxylation sites is 1. The summed E-state index contributed by atoms with van der Waals surface area (Å²) in [7, 11) is 4.05. The lowest BCUT2D eigenvalue weighted by molar-refractivity contribution is 0.475. The summed E-state index contributed by atoms with van der Waals surface area (Å²) in [5.74, 6) is 1.54. The Kier molecular flexibility index (Phi) is 5.37. The average Bonchev–Trinajstić information content (AvgIpc) is 3.04. The van der Waals surface area contributed by atoms with Gasteiger partial charge in [-0.05, 0) is 42.3 Å². The third-order valence-electron chi connectivity index (χ3n) is 4.10. The summed E-state index contributed by atoms with van der Waals surface area (Å²) < 4.78 is 1.85. The van der Waals surface area contributed by atoms with Crippen LogP contribution in [-0.2, 0) is 6.54 Å². The summed E-state index contributed by atoms with van der Waals surface area (Å²) in [5, 5.41) is 14.7. The van der Waals surface area contributed by atoms with E-state index < -0.39 is 0 Å².